The van der Waals surface area contributed by atoms with Gasteiger partial charge in [0.05, 0.1) is 0 Å². The molecule has 0 aliphatic carbocycles. The lowest BCUT2D eigenvalue weighted by Gasteiger charge is -2.12. The van der Waals surface area contributed by atoms with Gasteiger partial charge in [0.15, 0.2) is 0 Å². The molecule has 1 atom stereocenters. The van der Waals surface area contributed by atoms with Crippen LogP contribution in [-0.2, 0) is 6.54 Å². The van der Waals surface area contributed by atoms with Crippen molar-refractivity contribution in [2.45, 2.75) is 26.0 Å². The number of aliphatic hydroxyl groups is 1. The largest absolute Gasteiger partial charge is 0.386 e. The summed E-state index contributed by atoms with van der Waals surface area (Å²) in [6.45, 7) is 2.21. The zero-order valence-electron chi connectivity index (χ0n) is 8.88. The fourth-order valence-corrected chi connectivity index (χ4v) is 1.53. The van der Waals surface area contributed by atoms with Gasteiger partial charge in [-0.3, -0.25) is 0 Å². The van der Waals surface area contributed by atoms with Crippen LogP contribution < -0.4 is 5.32 Å². The number of alkyl halides is 2. The van der Waals surface area contributed by atoms with E-state index in [1.54, 1.807) is 6.07 Å². The second-order valence-corrected chi connectivity index (χ2v) is 4.04. The minimum absolute atomic E-state index is 0.125. The SMILES string of the molecule is Cc1cc(Cl)ccc1CNCC(O)C(F)F. The van der Waals surface area contributed by atoms with Crippen molar-refractivity contribution in [3.63, 3.8) is 0 Å². The predicted molar refractivity (Wildman–Crippen MR) is 59.9 cm³/mol. The van der Waals surface area contributed by atoms with Crippen molar-refractivity contribution in [3.8, 4) is 0 Å². The van der Waals surface area contributed by atoms with Crippen LogP contribution in [0.15, 0.2) is 18.2 Å². The molecule has 0 spiro atoms. The summed E-state index contributed by atoms with van der Waals surface area (Å²) in [6.07, 6.45) is -4.33. The molecule has 90 valence electrons. The van der Waals surface area contributed by atoms with Gasteiger partial charge in [0.2, 0.25) is 0 Å². The first kappa shape index (κ1) is 13.4. The van der Waals surface area contributed by atoms with E-state index >= 15 is 0 Å². The molecule has 0 aliphatic heterocycles. The summed E-state index contributed by atoms with van der Waals surface area (Å²) in [6, 6.07) is 5.39. The van der Waals surface area contributed by atoms with Crippen LogP contribution in [0.25, 0.3) is 0 Å². The van der Waals surface area contributed by atoms with Crippen molar-refractivity contribution in [3.05, 3.63) is 34.3 Å². The summed E-state index contributed by atoms with van der Waals surface area (Å²) >= 11 is 5.78. The molecule has 0 aromatic heterocycles. The van der Waals surface area contributed by atoms with Crippen molar-refractivity contribution in [1.29, 1.82) is 0 Å². The second kappa shape index (κ2) is 6.13. The Morgan fingerprint density at radius 3 is 2.69 bits per heavy atom. The third-order valence-electron chi connectivity index (χ3n) is 2.26. The van der Waals surface area contributed by atoms with Crippen molar-refractivity contribution in [2.24, 2.45) is 0 Å². The predicted octanol–water partition coefficient (Wildman–Crippen LogP) is 2.36. The lowest BCUT2D eigenvalue weighted by atomic mass is 10.1. The van der Waals surface area contributed by atoms with Crippen LogP contribution in [0.4, 0.5) is 8.78 Å². The van der Waals surface area contributed by atoms with Crippen LogP contribution in [0.2, 0.25) is 5.02 Å². The molecule has 0 bridgehead atoms. The van der Waals surface area contributed by atoms with E-state index in [1.165, 1.54) is 0 Å². The molecule has 16 heavy (non-hydrogen) atoms. The van der Waals surface area contributed by atoms with Crippen molar-refractivity contribution >= 4 is 11.6 Å². The van der Waals surface area contributed by atoms with Crippen molar-refractivity contribution in [2.75, 3.05) is 6.54 Å². The van der Waals surface area contributed by atoms with Gasteiger partial charge in [0.25, 0.3) is 6.43 Å². The maximum absolute atomic E-state index is 12.0. The van der Waals surface area contributed by atoms with E-state index in [1.807, 2.05) is 19.1 Å². The second-order valence-electron chi connectivity index (χ2n) is 3.60. The smallest absolute Gasteiger partial charge is 0.265 e. The number of hydrogen-bond donors (Lipinski definition) is 2. The van der Waals surface area contributed by atoms with Crippen LogP contribution in [0.5, 0.6) is 0 Å². The Morgan fingerprint density at radius 1 is 1.44 bits per heavy atom. The van der Waals surface area contributed by atoms with Gasteiger partial charge in [-0.15, -0.1) is 0 Å². The number of halogens is 3. The van der Waals surface area contributed by atoms with Gasteiger partial charge < -0.3 is 10.4 Å². The van der Waals surface area contributed by atoms with Gasteiger partial charge in [-0.2, -0.15) is 0 Å². The zero-order valence-corrected chi connectivity index (χ0v) is 9.64. The number of hydrogen-bond acceptors (Lipinski definition) is 2. The first-order valence-corrected chi connectivity index (χ1v) is 5.30. The van der Waals surface area contributed by atoms with Crippen molar-refractivity contribution in [1.82, 2.24) is 5.32 Å². The molecule has 5 heteroatoms. The molecule has 0 saturated heterocycles. The average Bonchev–Trinajstić information content (AvgIpc) is 2.20. The van der Waals surface area contributed by atoms with E-state index in [9.17, 15) is 8.78 Å². The van der Waals surface area contributed by atoms with Crippen LogP contribution in [0.1, 0.15) is 11.1 Å². The quantitative estimate of drug-likeness (QED) is 0.840. The summed E-state index contributed by atoms with van der Waals surface area (Å²) < 4.78 is 24.0. The molecule has 0 amide bonds. The molecule has 0 radical (unpaired) electrons. The first-order chi connectivity index (χ1) is 7.50. The highest BCUT2D eigenvalue weighted by Gasteiger charge is 2.15. The number of nitrogens with one attached hydrogen (secondary N) is 1. The highest BCUT2D eigenvalue weighted by Crippen LogP contribution is 2.14. The molecule has 0 aliphatic rings. The summed E-state index contributed by atoms with van der Waals surface area (Å²) in [5, 5.41) is 12.3. The van der Waals surface area contributed by atoms with Crippen LogP contribution in [-0.4, -0.2) is 24.2 Å². The lowest BCUT2D eigenvalue weighted by Crippen LogP contribution is -2.31. The van der Waals surface area contributed by atoms with E-state index in [4.69, 9.17) is 16.7 Å². The zero-order chi connectivity index (χ0) is 12.1. The Morgan fingerprint density at radius 2 is 2.12 bits per heavy atom. The highest BCUT2D eigenvalue weighted by atomic mass is 35.5. The maximum atomic E-state index is 12.0. The standard InChI is InChI=1S/C11H14ClF2NO/c1-7-4-9(12)3-2-8(7)5-15-6-10(16)11(13)14/h2-4,10-11,15-16H,5-6H2,1H3. The molecular weight excluding hydrogens is 236 g/mol. The average molecular weight is 250 g/mol. The fourth-order valence-electron chi connectivity index (χ4n) is 1.30. The highest BCUT2D eigenvalue weighted by molar-refractivity contribution is 6.30. The van der Waals surface area contributed by atoms with Gasteiger partial charge in [0.1, 0.15) is 6.10 Å². The molecule has 2 nitrogen and oxygen atoms in total. The summed E-state index contributed by atoms with van der Waals surface area (Å²) in [7, 11) is 0. The summed E-state index contributed by atoms with van der Waals surface area (Å²) in [4.78, 5) is 0. The minimum Gasteiger partial charge on any atom is -0.386 e. The molecule has 1 aromatic rings. The van der Waals surface area contributed by atoms with Gasteiger partial charge in [-0.25, -0.2) is 8.78 Å². The van der Waals surface area contributed by atoms with Gasteiger partial charge >= 0.3 is 0 Å². The van der Waals surface area contributed by atoms with Gasteiger partial charge in [0, 0.05) is 18.1 Å². The van der Waals surface area contributed by atoms with Gasteiger partial charge in [-0.05, 0) is 30.2 Å². The number of aryl methyl sites for hydroxylation is 1. The number of aliphatic hydroxyl groups excluding tert-OH is 1. The van der Waals surface area contributed by atoms with Crippen LogP contribution in [0.3, 0.4) is 0 Å². The lowest BCUT2D eigenvalue weighted by molar-refractivity contribution is -0.00341. The molecule has 2 N–H and O–H groups in total. The minimum atomic E-state index is -2.71. The van der Waals surface area contributed by atoms with Gasteiger partial charge in [-0.1, -0.05) is 17.7 Å². The molecule has 1 rings (SSSR count). The summed E-state index contributed by atoms with van der Waals surface area (Å²) in [5.41, 5.74) is 1.97. The Bertz CT molecular complexity index is 347. The normalized spacial score (nSPS) is 13.1. The molecule has 0 fully saturated rings. The molecule has 0 saturated carbocycles. The van der Waals surface area contributed by atoms with E-state index in [0.29, 0.717) is 11.6 Å². The Labute approximate surface area is 98.2 Å². The number of benzene rings is 1. The Kier molecular flexibility index (Phi) is 5.12. The number of rotatable bonds is 5. The van der Waals surface area contributed by atoms with Crippen LogP contribution in [0, 0.1) is 6.92 Å². The van der Waals surface area contributed by atoms with Crippen molar-refractivity contribution < 1.29 is 13.9 Å². The monoisotopic (exact) mass is 249 g/mol. The Hall–Kier alpha value is -0.710. The third-order valence-corrected chi connectivity index (χ3v) is 2.50. The maximum Gasteiger partial charge on any atom is 0.265 e. The topological polar surface area (TPSA) is 32.3 Å². The molecule has 0 heterocycles. The van der Waals surface area contributed by atoms with Crippen LogP contribution >= 0.6 is 11.6 Å². The fraction of sp³-hybridized carbons (Fsp3) is 0.455. The molecular formula is C11H14ClF2NO. The molecule has 1 unspecified atom stereocenters. The first-order valence-electron chi connectivity index (χ1n) is 4.92. The summed E-state index contributed by atoms with van der Waals surface area (Å²) in [5.74, 6) is 0. The van der Waals surface area contributed by atoms with E-state index in [-0.39, 0.29) is 6.54 Å². The van der Waals surface area contributed by atoms with E-state index in [0.717, 1.165) is 11.1 Å². The van der Waals surface area contributed by atoms with E-state index in [2.05, 4.69) is 5.32 Å². The van der Waals surface area contributed by atoms with E-state index < -0.39 is 12.5 Å². The molecule has 1 aromatic carbocycles. The Balaban J connectivity index is 2.43. The third kappa shape index (κ3) is 4.04.